The van der Waals surface area contributed by atoms with Crippen LogP contribution in [-0.2, 0) is 18.6 Å². The third-order valence-corrected chi connectivity index (χ3v) is 3.27. The highest BCUT2D eigenvalue weighted by molar-refractivity contribution is 7.46. The van der Waals surface area contributed by atoms with Crippen molar-refractivity contribution in [3.63, 3.8) is 0 Å². The Kier molecular flexibility index (Phi) is 14.0. The van der Waals surface area contributed by atoms with Gasteiger partial charge >= 0.3 is 7.82 Å². The minimum absolute atomic E-state index is 0.109. The van der Waals surface area contributed by atoms with Crippen LogP contribution in [0.25, 0.3) is 0 Å². The number of hydrogen-bond donors (Lipinski definition) is 2. The molecule has 0 aliphatic rings. The van der Waals surface area contributed by atoms with E-state index < -0.39 is 7.82 Å². The molecule has 0 spiro atoms. The van der Waals surface area contributed by atoms with Gasteiger partial charge in [-0.25, -0.2) is 4.57 Å². The predicted molar refractivity (Wildman–Crippen MR) is 77.6 cm³/mol. The maximum absolute atomic E-state index is 10.3. The van der Waals surface area contributed by atoms with E-state index in [0.717, 1.165) is 13.0 Å². The van der Waals surface area contributed by atoms with E-state index in [1.807, 2.05) is 0 Å². The van der Waals surface area contributed by atoms with Crippen molar-refractivity contribution in [3.05, 3.63) is 0 Å². The number of rotatable bonds is 15. The van der Waals surface area contributed by atoms with Crippen LogP contribution >= 0.6 is 7.82 Å². The molecular weight excluding hydrogens is 283 g/mol. The molecule has 0 aliphatic heterocycles. The first-order chi connectivity index (χ1) is 9.56. The van der Waals surface area contributed by atoms with Gasteiger partial charge in [0.15, 0.2) is 0 Å². The second-order valence-corrected chi connectivity index (χ2v) is 5.91. The molecule has 0 bridgehead atoms. The van der Waals surface area contributed by atoms with Crippen molar-refractivity contribution in [1.82, 2.24) is 0 Å². The first-order valence-corrected chi connectivity index (χ1v) is 8.95. The Morgan fingerprint density at radius 2 is 1.25 bits per heavy atom. The molecule has 0 radical (unpaired) electrons. The van der Waals surface area contributed by atoms with Crippen molar-refractivity contribution in [3.8, 4) is 0 Å². The maximum atomic E-state index is 10.3. The van der Waals surface area contributed by atoms with E-state index in [-0.39, 0.29) is 13.2 Å². The second kappa shape index (κ2) is 14.0. The molecule has 0 rings (SSSR count). The lowest BCUT2D eigenvalue weighted by Gasteiger charge is -2.07. The minimum atomic E-state index is -4.36. The minimum Gasteiger partial charge on any atom is -0.379 e. The molecule has 0 aliphatic carbocycles. The van der Waals surface area contributed by atoms with Crippen LogP contribution in [0.15, 0.2) is 0 Å². The smallest absolute Gasteiger partial charge is 0.379 e. The summed E-state index contributed by atoms with van der Waals surface area (Å²) in [5.74, 6) is 0. The van der Waals surface area contributed by atoms with Gasteiger partial charge in [-0.3, -0.25) is 4.52 Å². The molecule has 2 N–H and O–H groups in total. The average Bonchev–Trinajstić information content (AvgIpc) is 2.38. The van der Waals surface area contributed by atoms with Gasteiger partial charge in [-0.05, 0) is 6.42 Å². The first kappa shape index (κ1) is 20.0. The Labute approximate surface area is 122 Å². The van der Waals surface area contributed by atoms with E-state index in [1.54, 1.807) is 0 Å². The Morgan fingerprint density at radius 3 is 1.85 bits per heavy atom. The Hall–Kier alpha value is 0.0300. The van der Waals surface area contributed by atoms with Crippen LogP contribution in [0.3, 0.4) is 0 Å². The van der Waals surface area contributed by atoms with Gasteiger partial charge in [-0.2, -0.15) is 0 Å². The van der Waals surface area contributed by atoms with Crippen LogP contribution in [0.5, 0.6) is 0 Å². The van der Waals surface area contributed by atoms with Gasteiger partial charge in [0.25, 0.3) is 0 Å². The molecule has 122 valence electrons. The lowest BCUT2D eigenvalue weighted by atomic mass is 10.1. The van der Waals surface area contributed by atoms with E-state index in [9.17, 15) is 4.57 Å². The average molecular weight is 312 g/mol. The van der Waals surface area contributed by atoms with E-state index in [0.29, 0.717) is 13.2 Å². The third kappa shape index (κ3) is 18.0. The fourth-order valence-corrected chi connectivity index (χ4v) is 2.01. The van der Waals surface area contributed by atoms with Gasteiger partial charge in [0.1, 0.15) is 0 Å². The summed E-state index contributed by atoms with van der Waals surface area (Å²) in [5, 5.41) is 0. The first-order valence-electron chi connectivity index (χ1n) is 7.42. The van der Waals surface area contributed by atoms with Crippen molar-refractivity contribution in [2.75, 3.05) is 33.0 Å². The maximum Gasteiger partial charge on any atom is 0.469 e. The molecule has 0 unspecified atom stereocenters. The van der Waals surface area contributed by atoms with Gasteiger partial charge in [0.05, 0.1) is 26.4 Å². The van der Waals surface area contributed by atoms with Crippen LogP contribution in [0.2, 0.25) is 0 Å². The summed E-state index contributed by atoms with van der Waals surface area (Å²) in [4.78, 5) is 16.8. The van der Waals surface area contributed by atoms with E-state index in [1.165, 1.54) is 38.5 Å². The highest BCUT2D eigenvalue weighted by Gasteiger charge is 2.12. The number of hydrogen-bond acceptors (Lipinski definition) is 4. The quantitative estimate of drug-likeness (QED) is 0.357. The van der Waals surface area contributed by atoms with Gasteiger partial charge in [-0.1, -0.05) is 45.4 Å². The molecule has 0 amide bonds. The fraction of sp³-hybridized carbons (Fsp3) is 1.00. The monoisotopic (exact) mass is 312 g/mol. The van der Waals surface area contributed by atoms with Crippen molar-refractivity contribution in [2.24, 2.45) is 0 Å². The standard InChI is InChI=1S/C13H29O6P/c1-2-3-4-5-6-7-8-9-17-10-11-18-12-13-19-20(14,15)16/h2-13H2,1H3,(H2,14,15,16). The summed E-state index contributed by atoms with van der Waals surface area (Å²) in [5.41, 5.74) is 0. The Morgan fingerprint density at radius 1 is 0.750 bits per heavy atom. The third-order valence-electron chi connectivity index (χ3n) is 2.75. The van der Waals surface area contributed by atoms with Crippen LogP contribution in [-0.4, -0.2) is 42.8 Å². The highest BCUT2D eigenvalue weighted by atomic mass is 31.2. The molecule has 0 saturated heterocycles. The fourth-order valence-electron chi connectivity index (χ4n) is 1.70. The summed E-state index contributed by atoms with van der Waals surface area (Å²) in [7, 11) is -4.36. The molecule has 0 atom stereocenters. The summed E-state index contributed by atoms with van der Waals surface area (Å²) in [6.07, 6.45) is 8.83. The van der Waals surface area contributed by atoms with Gasteiger partial charge in [0.2, 0.25) is 0 Å². The van der Waals surface area contributed by atoms with E-state index in [4.69, 9.17) is 19.3 Å². The summed E-state index contributed by atoms with van der Waals surface area (Å²) >= 11 is 0. The SMILES string of the molecule is CCCCCCCCCOCCOCCOP(=O)(O)O. The zero-order chi connectivity index (χ0) is 15.1. The number of phosphoric ester groups is 1. The molecule has 7 heteroatoms. The largest absolute Gasteiger partial charge is 0.469 e. The van der Waals surface area contributed by atoms with Crippen molar-refractivity contribution < 1.29 is 28.3 Å². The van der Waals surface area contributed by atoms with Gasteiger partial charge < -0.3 is 19.3 Å². The lowest BCUT2D eigenvalue weighted by Crippen LogP contribution is -2.09. The summed E-state index contributed by atoms with van der Waals surface area (Å²) < 4.78 is 25.1. The van der Waals surface area contributed by atoms with Gasteiger partial charge in [0, 0.05) is 6.61 Å². The Balaban J connectivity index is 3.01. The van der Waals surface area contributed by atoms with Gasteiger partial charge in [-0.15, -0.1) is 0 Å². The topological polar surface area (TPSA) is 85.2 Å². The van der Waals surface area contributed by atoms with Crippen molar-refractivity contribution >= 4 is 7.82 Å². The zero-order valence-corrected chi connectivity index (χ0v) is 13.4. The normalized spacial score (nSPS) is 11.9. The van der Waals surface area contributed by atoms with E-state index >= 15 is 0 Å². The van der Waals surface area contributed by atoms with Crippen LogP contribution in [0, 0.1) is 0 Å². The van der Waals surface area contributed by atoms with Crippen LogP contribution in [0.4, 0.5) is 0 Å². The Bertz CT molecular complexity index is 243. The molecule has 20 heavy (non-hydrogen) atoms. The highest BCUT2D eigenvalue weighted by Crippen LogP contribution is 2.35. The van der Waals surface area contributed by atoms with E-state index in [2.05, 4.69) is 11.4 Å². The van der Waals surface area contributed by atoms with Crippen LogP contribution < -0.4 is 0 Å². The summed E-state index contributed by atoms with van der Waals surface area (Å²) in [6, 6.07) is 0. The lowest BCUT2D eigenvalue weighted by molar-refractivity contribution is 0.0312. The second-order valence-electron chi connectivity index (χ2n) is 4.67. The molecule has 0 saturated carbocycles. The molecular formula is C13H29O6P. The van der Waals surface area contributed by atoms with Crippen LogP contribution in [0.1, 0.15) is 51.9 Å². The zero-order valence-electron chi connectivity index (χ0n) is 12.5. The predicted octanol–water partition coefficient (Wildman–Crippen LogP) is 2.88. The molecule has 6 nitrogen and oxygen atoms in total. The number of ether oxygens (including phenoxy) is 2. The molecule has 0 heterocycles. The molecule has 0 aromatic rings. The molecule has 0 aromatic heterocycles. The van der Waals surface area contributed by atoms with Crippen molar-refractivity contribution in [1.29, 1.82) is 0 Å². The number of unbranched alkanes of at least 4 members (excludes halogenated alkanes) is 6. The molecule has 0 aromatic carbocycles. The van der Waals surface area contributed by atoms with Crippen molar-refractivity contribution in [2.45, 2.75) is 51.9 Å². The molecule has 0 fully saturated rings. The number of phosphoric acid groups is 1. The summed E-state index contributed by atoms with van der Waals surface area (Å²) in [6.45, 7) is 3.94.